The highest BCUT2D eigenvalue weighted by atomic mass is 19.3. The van der Waals surface area contributed by atoms with Crippen LogP contribution in [0.4, 0.5) is 8.78 Å². The standard InChI is InChI=1S/C26H25F2NO4/c1-3-32-24(31)25(12-13-25)21-10-8-19(9-11-21)18-4-6-20(7-5-18)23-22(17(2)29-33-23)16-26(27,28)14-15-30/h4-11,14-15,30H,3,12-13,16H2,1-2H3. The zero-order chi connectivity index (χ0) is 23.6. The number of hydrogen-bond acceptors (Lipinski definition) is 5. The molecule has 4 rings (SSSR count). The van der Waals surface area contributed by atoms with Gasteiger partial charge < -0.3 is 14.4 Å². The minimum absolute atomic E-state index is 0.166. The molecule has 1 aliphatic rings. The van der Waals surface area contributed by atoms with E-state index in [-0.39, 0.29) is 11.7 Å². The predicted octanol–water partition coefficient (Wildman–Crippen LogP) is 6.16. The van der Waals surface area contributed by atoms with Gasteiger partial charge in [-0.15, -0.1) is 0 Å². The van der Waals surface area contributed by atoms with Crippen LogP contribution < -0.4 is 0 Å². The molecule has 0 radical (unpaired) electrons. The van der Waals surface area contributed by atoms with Gasteiger partial charge in [-0.2, -0.15) is 0 Å². The number of ether oxygens (including phenoxy) is 1. The summed E-state index contributed by atoms with van der Waals surface area (Å²) in [5.41, 5.74) is 3.67. The number of alkyl halides is 2. The lowest BCUT2D eigenvalue weighted by molar-refractivity contribution is -0.146. The number of allylic oxidation sites excluding steroid dienone is 1. The van der Waals surface area contributed by atoms with Crippen molar-refractivity contribution >= 4 is 5.97 Å². The molecule has 172 valence electrons. The number of esters is 1. The lowest BCUT2D eigenvalue weighted by Gasteiger charge is -2.15. The molecule has 1 N–H and O–H groups in total. The number of benzene rings is 2. The van der Waals surface area contributed by atoms with Gasteiger partial charge >= 0.3 is 5.97 Å². The third-order valence-corrected chi connectivity index (χ3v) is 6.05. The topological polar surface area (TPSA) is 72.6 Å². The normalized spacial score (nSPS) is 15.0. The number of aliphatic hydroxyl groups is 1. The first-order valence-electron chi connectivity index (χ1n) is 10.8. The number of nitrogens with zero attached hydrogens (tertiary/aromatic N) is 1. The minimum Gasteiger partial charge on any atom is -0.516 e. The molecule has 5 nitrogen and oxygen atoms in total. The van der Waals surface area contributed by atoms with E-state index in [0.717, 1.165) is 29.5 Å². The zero-order valence-electron chi connectivity index (χ0n) is 18.5. The average Bonchev–Trinajstić information content (AvgIpc) is 3.54. The van der Waals surface area contributed by atoms with E-state index in [2.05, 4.69) is 5.16 Å². The molecule has 33 heavy (non-hydrogen) atoms. The van der Waals surface area contributed by atoms with Gasteiger partial charge in [0.25, 0.3) is 5.92 Å². The van der Waals surface area contributed by atoms with Gasteiger partial charge in [-0.25, -0.2) is 8.78 Å². The second-order valence-electron chi connectivity index (χ2n) is 8.29. The summed E-state index contributed by atoms with van der Waals surface area (Å²) in [4.78, 5) is 12.3. The summed E-state index contributed by atoms with van der Waals surface area (Å²) in [6.45, 7) is 3.79. The van der Waals surface area contributed by atoms with E-state index in [1.165, 1.54) is 0 Å². The van der Waals surface area contributed by atoms with Crippen LogP contribution in [-0.4, -0.2) is 28.8 Å². The smallest absolute Gasteiger partial charge is 0.316 e. The second-order valence-corrected chi connectivity index (χ2v) is 8.29. The highest BCUT2D eigenvalue weighted by molar-refractivity contribution is 5.87. The number of carbonyl (C=O) groups is 1. The number of hydrogen-bond donors (Lipinski definition) is 1. The highest BCUT2D eigenvalue weighted by Crippen LogP contribution is 2.49. The Kier molecular flexibility index (Phi) is 6.06. The van der Waals surface area contributed by atoms with Crippen LogP contribution in [0.5, 0.6) is 0 Å². The van der Waals surface area contributed by atoms with E-state index in [1.807, 2.05) is 43.3 Å². The molecule has 3 aromatic rings. The van der Waals surface area contributed by atoms with E-state index >= 15 is 0 Å². The maximum Gasteiger partial charge on any atom is 0.316 e. The molecule has 1 aromatic heterocycles. The van der Waals surface area contributed by atoms with E-state index in [9.17, 15) is 13.6 Å². The molecule has 0 aliphatic heterocycles. The largest absolute Gasteiger partial charge is 0.516 e. The van der Waals surface area contributed by atoms with Crippen LogP contribution in [-0.2, 0) is 21.4 Å². The Labute approximate surface area is 190 Å². The van der Waals surface area contributed by atoms with Crippen LogP contribution in [0, 0.1) is 6.92 Å². The molecular weight excluding hydrogens is 428 g/mol. The molecule has 0 spiro atoms. The van der Waals surface area contributed by atoms with Gasteiger partial charge in [0.05, 0.1) is 24.0 Å². The number of halogens is 2. The van der Waals surface area contributed by atoms with Crippen LogP contribution >= 0.6 is 0 Å². The van der Waals surface area contributed by atoms with Gasteiger partial charge in [0.15, 0.2) is 5.76 Å². The lowest BCUT2D eigenvalue weighted by Crippen LogP contribution is -2.23. The summed E-state index contributed by atoms with van der Waals surface area (Å²) in [6, 6.07) is 15.2. The first-order chi connectivity index (χ1) is 15.8. The maximum absolute atomic E-state index is 14.0. The lowest BCUT2D eigenvalue weighted by atomic mass is 9.93. The van der Waals surface area contributed by atoms with Crippen LogP contribution in [0.15, 0.2) is 65.4 Å². The molecule has 0 atom stereocenters. The van der Waals surface area contributed by atoms with Crippen LogP contribution in [0.3, 0.4) is 0 Å². The third kappa shape index (κ3) is 4.53. The second kappa shape index (κ2) is 8.81. The molecule has 1 fully saturated rings. The molecule has 2 aromatic carbocycles. The molecule has 0 saturated heterocycles. The van der Waals surface area contributed by atoms with Crippen molar-refractivity contribution in [3.8, 4) is 22.5 Å². The Morgan fingerprint density at radius 3 is 2.24 bits per heavy atom. The van der Waals surface area contributed by atoms with Crippen molar-refractivity contribution in [1.82, 2.24) is 5.16 Å². The van der Waals surface area contributed by atoms with E-state index in [4.69, 9.17) is 14.4 Å². The van der Waals surface area contributed by atoms with Crippen molar-refractivity contribution in [3.63, 3.8) is 0 Å². The summed E-state index contributed by atoms with van der Waals surface area (Å²) in [6.07, 6.45) is 1.77. The van der Waals surface area contributed by atoms with Crippen molar-refractivity contribution in [2.75, 3.05) is 6.61 Å². The van der Waals surface area contributed by atoms with Crippen molar-refractivity contribution in [2.45, 2.75) is 44.4 Å². The number of aliphatic hydroxyl groups excluding tert-OH is 1. The predicted molar refractivity (Wildman–Crippen MR) is 120 cm³/mol. The fourth-order valence-corrected chi connectivity index (χ4v) is 4.03. The molecule has 1 saturated carbocycles. The third-order valence-electron chi connectivity index (χ3n) is 6.05. The quantitative estimate of drug-likeness (QED) is 0.327. The molecule has 1 heterocycles. The van der Waals surface area contributed by atoms with Crippen molar-refractivity contribution in [2.24, 2.45) is 0 Å². The fraction of sp³-hybridized carbons (Fsp3) is 0.308. The Morgan fingerprint density at radius 1 is 1.12 bits per heavy atom. The van der Waals surface area contributed by atoms with Gasteiger partial charge in [-0.1, -0.05) is 53.7 Å². The molecule has 0 unspecified atom stereocenters. The number of aromatic nitrogens is 1. The molecule has 0 amide bonds. The number of rotatable bonds is 8. The van der Waals surface area contributed by atoms with Crippen molar-refractivity contribution in [1.29, 1.82) is 0 Å². The first kappa shape index (κ1) is 22.7. The Balaban J connectivity index is 1.55. The summed E-state index contributed by atoms with van der Waals surface area (Å²) < 4.78 is 38.6. The average molecular weight is 453 g/mol. The Morgan fingerprint density at radius 2 is 1.70 bits per heavy atom. The van der Waals surface area contributed by atoms with Crippen molar-refractivity contribution < 1.29 is 27.9 Å². The number of aryl methyl sites for hydroxylation is 1. The van der Waals surface area contributed by atoms with E-state index in [0.29, 0.717) is 35.8 Å². The summed E-state index contributed by atoms with van der Waals surface area (Å²) >= 11 is 0. The maximum atomic E-state index is 14.0. The fourth-order valence-electron chi connectivity index (χ4n) is 4.03. The Hall–Kier alpha value is -3.48. The van der Waals surface area contributed by atoms with Crippen LogP contribution in [0.1, 0.15) is 36.6 Å². The molecule has 0 bridgehead atoms. The number of carbonyl (C=O) groups excluding carboxylic acids is 1. The molecular formula is C26H25F2NO4. The summed E-state index contributed by atoms with van der Waals surface area (Å²) in [7, 11) is 0. The van der Waals surface area contributed by atoms with Gasteiger partial charge in [0.1, 0.15) is 0 Å². The zero-order valence-corrected chi connectivity index (χ0v) is 18.5. The van der Waals surface area contributed by atoms with Crippen LogP contribution in [0.2, 0.25) is 0 Å². The summed E-state index contributed by atoms with van der Waals surface area (Å²) in [5, 5.41) is 12.6. The summed E-state index contributed by atoms with van der Waals surface area (Å²) in [5.74, 6) is -3.10. The van der Waals surface area contributed by atoms with Gasteiger partial charge in [0.2, 0.25) is 0 Å². The van der Waals surface area contributed by atoms with Gasteiger partial charge in [-0.3, -0.25) is 4.79 Å². The monoisotopic (exact) mass is 453 g/mol. The first-order valence-corrected chi connectivity index (χ1v) is 10.8. The minimum atomic E-state index is -3.22. The van der Waals surface area contributed by atoms with Crippen LogP contribution in [0.25, 0.3) is 22.5 Å². The SMILES string of the molecule is CCOC(=O)C1(c2ccc(-c3ccc(-c4onc(C)c4CC(F)(F)C=CO)cc3)cc2)CC1. The Bertz CT molecular complexity index is 1160. The highest BCUT2D eigenvalue weighted by Gasteiger charge is 2.52. The van der Waals surface area contributed by atoms with E-state index < -0.39 is 17.8 Å². The molecule has 7 heteroatoms. The van der Waals surface area contributed by atoms with Gasteiger partial charge in [0, 0.05) is 23.6 Å². The molecule has 1 aliphatic carbocycles. The van der Waals surface area contributed by atoms with E-state index in [1.54, 1.807) is 19.1 Å². The van der Waals surface area contributed by atoms with Gasteiger partial charge in [-0.05, 0) is 43.4 Å². The van der Waals surface area contributed by atoms with Crippen molar-refractivity contribution in [3.05, 3.63) is 77.7 Å².